The molecular weight excluding hydrogens is 370 g/mol. The van der Waals surface area contributed by atoms with Gasteiger partial charge in [-0.3, -0.25) is 9.59 Å². The summed E-state index contributed by atoms with van der Waals surface area (Å²) >= 11 is 1.55. The van der Waals surface area contributed by atoms with Crippen LogP contribution in [0.25, 0.3) is 0 Å². The van der Waals surface area contributed by atoms with Crippen LogP contribution >= 0.6 is 11.8 Å². The Morgan fingerprint density at radius 2 is 1.71 bits per heavy atom. The molecule has 1 unspecified atom stereocenters. The van der Waals surface area contributed by atoms with Crippen molar-refractivity contribution >= 4 is 35.0 Å². The molecule has 148 valence electrons. The molecule has 1 saturated heterocycles. The molecule has 1 N–H and O–H groups in total. The fraction of sp³-hybridized carbons (Fsp3) is 0.364. The minimum absolute atomic E-state index is 0.0891. The van der Waals surface area contributed by atoms with Crippen LogP contribution in [0.1, 0.15) is 19.4 Å². The van der Waals surface area contributed by atoms with Crippen molar-refractivity contribution in [3.8, 4) is 0 Å². The number of hydrogen-bond donors (Lipinski definition) is 1. The van der Waals surface area contributed by atoms with E-state index in [1.54, 1.807) is 11.8 Å². The maximum atomic E-state index is 12.8. The van der Waals surface area contributed by atoms with E-state index in [2.05, 4.69) is 41.4 Å². The van der Waals surface area contributed by atoms with Crippen molar-refractivity contribution in [1.82, 2.24) is 4.90 Å². The monoisotopic (exact) mass is 397 g/mol. The second kappa shape index (κ2) is 9.15. The van der Waals surface area contributed by atoms with E-state index < -0.39 is 0 Å². The van der Waals surface area contributed by atoms with Crippen molar-refractivity contribution in [3.63, 3.8) is 0 Å². The van der Waals surface area contributed by atoms with Gasteiger partial charge in [-0.05, 0) is 55.8 Å². The molecule has 6 heteroatoms. The average Bonchev–Trinajstić information content (AvgIpc) is 2.68. The Morgan fingerprint density at radius 3 is 2.32 bits per heavy atom. The molecule has 0 aromatic heterocycles. The minimum Gasteiger partial charge on any atom is -0.368 e. The topological polar surface area (TPSA) is 52.7 Å². The first-order valence-electron chi connectivity index (χ1n) is 9.57. The van der Waals surface area contributed by atoms with Crippen LogP contribution in [-0.2, 0) is 9.59 Å². The summed E-state index contributed by atoms with van der Waals surface area (Å²) in [7, 11) is 0. The van der Waals surface area contributed by atoms with E-state index >= 15 is 0 Å². The molecule has 0 aliphatic carbocycles. The van der Waals surface area contributed by atoms with Gasteiger partial charge >= 0.3 is 0 Å². The minimum atomic E-state index is -0.142. The van der Waals surface area contributed by atoms with Gasteiger partial charge in [-0.15, -0.1) is 11.8 Å². The summed E-state index contributed by atoms with van der Waals surface area (Å²) in [6.07, 6.45) is 0. The second-order valence-corrected chi connectivity index (χ2v) is 8.53. The third kappa shape index (κ3) is 5.29. The van der Waals surface area contributed by atoms with E-state index in [9.17, 15) is 9.59 Å². The number of nitrogens with one attached hydrogen (secondary N) is 1. The number of piperazine rings is 1. The Labute approximate surface area is 171 Å². The maximum absolute atomic E-state index is 12.8. The number of rotatable bonds is 5. The third-order valence-corrected chi connectivity index (χ3v) is 5.89. The molecular formula is C22H27N3O2S. The van der Waals surface area contributed by atoms with Crippen molar-refractivity contribution in [2.75, 3.05) is 36.4 Å². The number of carbonyl (C=O) groups is 2. The van der Waals surface area contributed by atoms with E-state index in [1.165, 1.54) is 18.2 Å². The highest BCUT2D eigenvalue weighted by molar-refractivity contribution is 8.00. The van der Waals surface area contributed by atoms with Gasteiger partial charge in [0, 0.05) is 49.4 Å². The predicted molar refractivity (Wildman–Crippen MR) is 116 cm³/mol. The largest absolute Gasteiger partial charge is 0.368 e. The molecule has 1 aliphatic heterocycles. The number of nitrogens with zero attached hydrogens (tertiary/aromatic N) is 2. The summed E-state index contributed by atoms with van der Waals surface area (Å²) in [6.45, 7) is 8.77. The standard InChI is InChI=1S/C22H27N3O2S/c1-16-5-4-6-20(15-16)24-11-13-25(14-12-24)22(27)17(2)28-21-9-7-19(8-10-21)23-18(3)26/h4-10,15,17H,11-14H2,1-3H3,(H,23,26). The van der Waals surface area contributed by atoms with E-state index in [4.69, 9.17) is 0 Å². The average molecular weight is 398 g/mol. The molecule has 28 heavy (non-hydrogen) atoms. The SMILES string of the molecule is CC(=O)Nc1ccc(SC(C)C(=O)N2CCN(c3cccc(C)c3)CC2)cc1. The molecule has 0 radical (unpaired) electrons. The highest BCUT2D eigenvalue weighted by atomic mass is 32.2. The van der Waals surface area contributed by atoms with Gasteiger partial charge in [-0.25, -0.2) is 0 Å². The zero-order valence-corrected chi connectivity index (χ0v) is 17.5. The Balaban J connectivity index is 1.52. The first-order valence-corrected chi connectivity index (χ1v) is 10.4. The maximum Gasteiger partial charge on any atom is 0.235 e. The van der Waals surface area contributed by atoms with Crippen molar-refractivity contribution in [2.24, 2.45) is 0 Å². The lowest BCUT2D eigenvalue weighted by Gasteiger charge is -2.37. The summed E-state index contributed by atoms with van der Waals surface area (Å²) in [4.78, 5) is 29.3. The predicted octanol–water partition coefficient (Wildman–Crippen LogP) is 3.78. The quantitative estimate of drug-likeness (QED) is 0.780. The van der Waals surface area contributed by atoms with Crippen molar-refractivity contribution in [1.29, 1.82) is 0 Å². The van der Waals surface area contributed by atoms with Gasteiger partial charge in [0.15, 0.2) is 0 Å². The lowest BCUT2D eigenvalue weighted by atomic mass is 10.2. The molecule has 1 aliphatic rings. The van der Waals surface area contributed by atoms with Crippen molar-refractivity contribution < 1.29 is 9.59 Å². The van der Waals surface area contributed by atoms with Gasteiger partial charge in [0.05, 0.1) is 5.25 Å². The van der Waals surface area contributed by atoms with E-state index in [0.717, 1.165) is 36.8 Å². The number of aryl methyl sites for hydroxylation is 1. The molecule has 2 aromatic carbocycles. The van der Waals surface area contributed by atoms with Gasteiger partial charge in [0.1, 0.15) is 0 Å². The van der Waals surface area contributed by atoms with Crippen molar-refractivity contribution in [3.05, 3.63) is 54.1 Å². The molecule has 2 amide bonds. The van der Waals surface area contributed by atoms with E-state index in [0.29, 0.717) is 0 Å². The molecule has 0 saturated carbocycles. The third-order valence-electron chi connectivity index (χ3n) is 4.79. The van der Waals surface area contributed by atoms with Crippen LogP contribution in [0.3, 0.4) is 0 Å². The number of amides is 2. The Hall–Kier alpha value is -2.47. The number of hydrogen-bond acceptors (Lipinski definition) is 4. The zero-order chi connectivity index (χ0) is 20.1. The molecule has 2 aromatic rings. The molecule has 1 fully saturated rings. The number of anilines is 2. The zero-order valence-electron chi connectivity index (χ0n) is 16.6. The fourth-order valence-electron chi connectivity index (χ4n) is 3.34. The van der Waals surface area contributed by atoms with Gasteiger partial charge in [-0.2, -0.15) is 0 Å². The van der Waals surface area contributed by atoms with Crippen molar-refractivity contribution in [2.45, 2.75) is 30.9 Å². The number of thioether (sulfide) groups is 1. The lowest BCUT2D eigenvalue weighted by Crippen LogP contribution is -2.50. The van der Waals surface area contributed by atoms with Crippen LogP contribution < -0.4 is 10.2 Å². The number of carbonyl (C=O) groups excluding carboxylic acids is 2. The summed E-state index contributed by atoms with van der Waals surface area (Å²) in [6, 6.07) is 16.1. The normalized spacial score (nSPS) is 15.2. The van der Waals surface area contributed by atoms with Gasteiger partial charge in [0.2, 0.25) is 11.8 Å². The van der Waals surface area contributed by atoms with Crippen LogP contribution in [0.15, 0.2) is 53.4 Å². The molecule has 3 rings (SSSR count). The molecule has 0 bridgehead atoms. The van der Waals surface area contributed by atoms with Gasteiger partial charge in [-0.1, -0.05) is 12.1 Å². The Kier molecular flexibility index (Phi) is 6.62. The molecule has 1 heterocycles. The smallest absolute Gasteiger partial charge is 0.235 e. The highest BCUT2D eigenvalue weighted by Gasteiger charge is 2.25. The summed E-state index contributed by atoms with van der Waals surface area (Å²) < 4.78 is 0. The summed E-state index contributed by atoms with van der Waals surface area (Å²) in [5.74, 6) is 0.0913. The fourth-order valence-corrected chi connectivity index (χ4v) is 4.29. The van der Waals surface area contributed by atoms with E-state index in [1.807, 2.05) is 36.1 Å². The Morgan fingerprint density at radius 1 is 1.04 bits per heavy atom. The lowest BCUT2D eigenvalue weighted by molar-refractivity contribution is -0.130. The first-order chi connectivity index (χ1) is 13.4. The molecule has 0 spiro atoms. The van der Waals surface area contributed by atoms with Crippen LogP contribution in [0.5, 0.6) is 0 Å². The van der Waals surface area contributed by atoms with Crippen LogP contribution in [0.2, 0.25) is 0 Å². The van der Waals surface area contributed by atoms with Crippen LogP contribution in [0, 0.1) is 6.92 Å². The second-order valence-electron chi connectivity index (χ2n) is 7.12. The molecule has 5 nitrogen and oxygen atoms in total. The summed E-state index contributed by atoms with van der Waals surface area (Å²) in [5, 5.41) is 2.61. The highest BCUT2D eigenvalue weighted by Crippen LogP contribution is 2.26. The van der Waals surface area contributed by atoms with Crippen LogP contribution in [0.4, 0.5) is 11.4 Å². The van der Waals surface area contributed by atoms with E-state index in [-0.39, 0.29) is 17.1 Å². The summed E-state index contributed by atoms with van der Waals surface area (Å²) in [5.41, 5.74) is 3.25. The first kappa shape index (κ1) is 20.3. The Bertz CT molecular complexity index is 830. The van der Waals surface area contributed by atoms with Gasteiger partial charge in [0.25, 0.3) is 0 Å². The molecule has 1 atom stereocenters. The van der Waals surface area contributed by atoms with Crippen LogP contribution in [-0.4, -0.2) is 48.1 Å². The number of benzene rings is 2. The van der Waals surface area contributed by atoms with Gasteiger partial charge < -0.3 is 15.1 Å².